The van der Waals surface area contributed by atoms with Gasteiger partial charge in [0.15, 0.2) is 0 Å². The predicted octanol–water partition coefficient (Wildman–Crippen LogP) is 5.67. The molecule has 4 rings (SSSR count). The standard InChI is InChI=1S/C20H20BrFN2S/c21-16-6-5-15(17(22)11-16)13-23-19-20(7-9-25-10-8-20)12-14-3-1-2-4-18(14)24-19/h1-6,11H,7-10,12-13H2,(H,23,24). The van der Waals surface area contributed by atoms with Crippen LogP contribution in [0.5, 0.6) is 0 Å². The van der Waals surface area contributed by atoms with Crippen molar-refractivity contribution in [3.63, 3.8) is 0 Å². The Morgan fingerprint density at radius 1 is 1.16 bits per heavy atom. The molecular weight excluding hydrogens is 399 g/mol. The fourth-order valence-corrected chi connectivity index (χ4v) is 5.31. The minimum atomic E-state index is -0.205. The lowest BCUT2D eigenvalue weighted by molar-refractivity contribution is 0.377. The summed E-state index contributed by atoms with van der Waals surface area (Å²) < 4.78 is 14.9. The molecule has 0 atom stereocenters. The van der Waals surface area contributed by atoms with Crippen LogP contribution in [0.25, 0.3) is 0 Å². The molecule has 0 amide bonds. The number of nitrogens with one attached hydrogen (secondary N) is 1. The molecule has 2 aliphatic heterocycles. The van der Waals surface area contributed by atoms with Gasteiger partial charge in [-0.2, -0.15) is 11.8 Å². The van der Waals surface area contributed by atoms with E-state index in [9.17, 15) is 4.39 Å². The van der Waals surface area contributed by atoms with E-state index in [0.717, 1.165) is 46.8 Å². The summed E-state index contributed by atoms with van der Waals surface area (Å²) >= 11 is 5.33. The Balaban J connectivity index is 1.67. The molecule has 0 aromatic heterocycles. The highest BCUT2D eigenvalue weighted by Crippen LogP contribution is 2.44. The van der Waals surface area contributed by atoms with E-state index < -0.39 is 0 Å². The van der Waals surface area contributed by atoms with Crippen molar-refractivity contribution in [2.24, 2.45) is 10.4 Å². The number of fused-ring (bicyclic) bond motifs is 1. The van der Waals surface area contributed by atoms with Gasteiger partial charge in [0, 0.05) is 21.1 Å². The van der Waals surface area contributed by atoms with Crippen LogP contribution >= 0.6 is 27.7 Å². The van der Waals surface area contributed by atoms with Crippen molar-refractivity contribution in [3.8, 4) is 0 Å². The first kappa shape index (κ1) is 17.1. The molecule has 1 saturated heterocycles. The summed E-state index contributed by atoms with van der Waals surface area (Å²) in [6.07, 6.45) is 3.28. The van der Waals surface area contributed by atoms with Gasteiger partial charge in [-0.15, -0.1) is 0 Å². The first-order valence-corrected chi connectivity index (χ1v) is 10.5. The molecule has 0 saturated carbocycles. The molecule has 130 valence electrons. The average molecular weight is 419 g/mol. The summed E-state index contributed by atoms with van der Waals surface area (Å²) in [4.78, 5) is 4.86. The van der Waals surface area contributed by atoms with Gasteiger partial charge in [-0.1, -0.05) is 40.2 Å². The smallest absolute Gasteiger partial charge is 0.129 e. The third-order valence-corrected chi connectivity index (χ3v) is 6.65. The van der Waals surface area contributed by atoms with Gasteiger partial charge >= 0.3 is 0 Å². The molecule has 2 aliphatic rings. The second kappa shape index (κ2) is 7.12. The Hall–Kier alpha value is -1.33. The molecule has 2 nitrogen and oxygen atoms in total. The van der Waals surface area contributed by atoms with Gasteiger partial charge in [0.2, 0.25) is 0 Å². The molecule has 2 aromatic rings. The normalized spacial score (nSPS) is 20.3. The number of anilines is 1. The zero-order valence-electron chi connectivity index (χ0n) is 13.9. The van der Waals surface area contributed by atoms with Gasteiger partial charge in [0.05, 0.1) is 6.54 Å². The van der Waals surface area contributed by atoms with E-state index >= 15 is 0 Å². The summed E-state index contributed by atoms with van der Waals surface area (Å²) in [5.74, 6) is 3.15. The van der Waals surface area contributed by atoms with Crippen LogP contribution in [-0.4, -0.2) is 17.3 Å². The third kappa shape index (κ3) is 3.49. The summed E-state index contributed by atoms with van der Waals surface area (Å²) in [5.41, 5.74) is 3.21. The van der Waals surface area contributed by atoms with E-state index in [2.05, 4.69) is 39.4 Å². The Morgan fingerprint density at radius 2 is 1.96 bits per heavy atom. The zero-order chi connectivity index (χ0) is 17.3. The van der Waals surface area contributed by atoms with Crippen LogP contribution in [0.2, 0.25) is 0 Å². The SMILES string of the molecule is Fc1cc(Br)ccc1CN=C1Nc2ccccc2CC12CCSCC2. The monoisotopic (exact) mass is 418 g/mol. The summed E-state index contributed by atoms with van der Waals surface area (Å²) in [6.45, 7) is 0.374. The molecule has 2 aromatic carbocycles. The lowest BCUT2D eigenvalue weighted by atomic mass is 9.73. The quantitative estimate of drug-likeness (QED) is 0.679. The number of nitrogens with zero attached hydrogens (tertiary/aromatic N) is 1. The van der Waals surface area contributed by atoms with E-state index in [1.165, 1.54) is 11.6 Å². The third-order valence-electron chi connectivity index (χ3n) is 5.17. The molecule has 0 aliphatic carbocycles. The van der Waals surface area contributed by atoms with Crippen molar-refractivity contribution in [3.05, 3.63) is 63.9 Å². The molecule has 1 spiro atoms. The van der Waals surface area contributed by atoms with E-state index in [4.69, 9.17) is 4.99 Å². The second-order valence-corrected chi connectivity index (χ2v) is 8.89. The molecular formula is C20H20BrFN2S. The highest BCUT2D eigenvalue weighted by molar-refractivity contribution is 9.10. The number of hydrogen-bond donors (Lipinski definition) is 1. The molecule has 1 N–H and O–H groups in total. The van der Waals surface area contributed by atoms with Crippen LogP contribution < -0.4 is 5.32 Å². The lowest BCUT2D eigenvalue weighted by Gasteiger charge is -2.42. The van der Waals surface area contributed by atoms with Crippen molar-refractivity contribution < 1.29 is 4.39 Å². The van der Waals surface area contributed by atoms with Gasteiger partial charge in [0.1, 0.15) is 11.7 Å². The molecule has 0 bridgehead atoms. The second-order valence-electron chi connectivity index (χ2n) is 6.75. The van der Waals surface area contributed by atoms with Crippen LogP contribution in [0, 0.1) is 11.2 Å². The van der Waals surface area contributed by atoms with E-state index in [1.807, 2.05) is 30.0 Å². The summed E-state index contributed by atoms with van der Waals surface area (Å²) in [5, 5.41) is 3.57. The van der Waals surface area contributed by atoms with Crippen molar-refractivity contribution >= 4 is 39.2 Å². The Kier molecular flexibility index (Phi) is 4.87. The molecule has 5 heteroatoms. The Morgan fingerprint density at radius 3 is 2.76 bits per heavy atom. The minimum Gasteiger partial charge on any atom is -0.343 e. The topological polar surface area (TPSA) is 24.4 Å². The molecule has 2 heterocycles. The van der Waals surface area contributed by atoms with Gasteiger partial charge < -0.3 is 5.32 Å². The maximum atomic E-state index is 14.2. The van der Waals surface area contributed by atoms with Gasteiger partial charge in [-0.25, -0.2) is 4.39 Å². The summed E-state index contributed by atoms with van der Waals surface area (Å²) in [6, 6.07) is 13.6. The lowest BCUT2D eigenvalue weighted by Crippen LogP contribution is -2.44. The molecule has 0 radical (unpaired) electrons. The number of hydrogen-bond acceptors (Lipinski definition) is 2. The maximum Gasteiger partial charge on any atom is 0.129 e. The number of rotatable bonds is 2. The Bertz CT molecular complexity index is 815. The molecule has 25 heavy (non-hydrogen) atoms. The fraction of sp³-hybridized carbons (Fsp3) is 0.350. The number of thioether (sulfide) groups is 1. The zero-order valence-corrected chi connectivity index (χ0v) is 16.3. The number of amidine groups is 1. The van der Waals surface area contributed by atoms with E-state index in [-0.39, 0.29) is 11.2 Å². The first-order chi connectivity index (χ1) is 12.2. The van der Waals surface area contributed by atoms with Crippen molar-refractivity contribution in [1.82, 2.24) is 0 Å². The first-order valence-electron chi connectivity index (χ1n) is 8.58. The molecule has 1 fully saturated rings. The van der Waals surface area contributed by atoms with Crippen molar-refractivity contribution in [2.45, 2.75) is 25.8 Å². The minimum absolute atomic E-state index is 0.0748. The molecule has 0 unspecified atom stereocenters. The summed E-state index contributed by atoms with van der Waals surface area (Å²) in [7, 11) is 0. The van der Waals surface area contributed by atoms with Crippen LogP contribution in [0.3, 0.4) is 0 Å². The van der Waals surface area contributed by atoms with Gasteiger partial charge in [-0.05, 0) is 54.5 Å². The largest absolute Gasteiger partial charge is 0.343 e. The van der Waals surface area contributed by atoms with Crippen LogP contribution in [-0.2, 0) is 13.0 Å². The number of aliphatic imine (C=N–C) groups is 1. The number of halogens is 2. The van der Waals surface area contributed by atoms with Crippen molar-refractivity contribution in [1.29, 1.82) is 0 Å². The average Bonchev–Trinajstić information content (AvgIpc) is 2.62. The van der Waals surface area contributed by atoms with Crippen LogP contribution in [0.4, 0.5) is 10.1 Å². The number of para-hydroxylation sites is 1. The predicted molar refractivity (Wildman–Crippen MR) is 108 cm³/mol. The van der Waals surface area contributed by atoms with Crippen LogP contribution in [0.1, 0.15) is 24.0 Å². The maximum absolute atomic E-state index is 14.2. The fourth-order valence-electron chi connectivity index (χ4n) is 3.70. The number of benzene rings is 2. The highest BCUT2D eigenvalue weighted by atomic mass is 79.9. The highest BCUT2D eigenvalue weighted by Gasteiger charge is 2.41. The van der Waals surface area contributed by atoms with Crippen molar-refractivity contribution in [2.75, 3.05) is 16.8 Å². The van der Waals surface area contributed by atoms with E-state index in [0.29, 0.717) is 12.1 Å². The van der Waals surface area contributed by atoms with Gasteiger partial charge in [-0.3, -0.25) is 4.99 Å². The van der Waals surface area contributed by atoms with E-state index in [1.54, 1.807) is 0 Å². The Labute approximate surface area is 160 Å². The van der Waals surface area contributed by atoms with Gasteiger partial charge in [0.25, 0.3) is 0 Å². The van der Waals surface area contributed by atoms with Crippen LogP contribution in [0.15, 0.2) is 51.9 Å².